The number of likely N-dealkylation sites (N-methyl/N-ethyl adjacent to an activating group) is 1. The lowest BCUT2D eigenvalue weighted by Gasteiger charge is -2.38. The average Bonchev–Trinajstić information content (AvgIpc) is 3.47. The van der Waals surface area contributed by atoms with Crippen molar-refractivity contribution in [1.29, 1.82) is 0 Å². The number of rotatable bonds is 8. The van der Waals surface area contributed by atoms with Crippen LogP contribution in [0.4, 0.5) is 5.69 Å². The van der Waals surface area contributed by atoms with Gasteiger partial charge in [0.15, 0.2) is 5.75 Å². The van der Waals surface area contributed by atoms with E-state index in [2.05, 4.69) is 5.32 Å². The Balaban J connectivity index is 1.69. The van der Waals surface area contributed by atoms with Gasteiger partial charge in [-0.05, 0) is 43.3 Å². The molecule has 12 heteroatoms. The minimum atomic E-state index is -3.74. The minimum absolute atomic E-state index is 0.0264. The van der Waals surface area contributed by atoms with Crippen molar-refractivity contribution in [2.75, 3.05) is 45.3 Å². The van der Waals surface area contributed by atoms with E-state index in [0.29, 0.717) is 31.7 Å². The molecule has 4 rings (SSSR count). The topological polar surface area (TPSA) is 125 Å². The first kappa shape index (κ1) is 28.5. The number of benzene rings is 1. The molecule has 208 valence electrons. The van der Waals surface area contributed by atoms with E-state index < -0.39 is 22.2 Å². The van der Waals surface area contributed by atoms with Gasteiger partial charge in [-0.2, -0.15) is 4.31 Å². The molecule has 0 saturated carbocycles. The lowest BCUT2D eigenvalue weighted by atomic mass is 9.98. The second kappa shape index (κ2) is 12.1. The number of aliphatic hydroxyl groups excluding tert-OH is 1. The van der Waals surface area contributed by atoms with Gasteiger partial charge in [0.25, 0.3) is 15.9 Å². The Bertz CT molecular complexity index is 1230. The zero-order valence-corrected chi connectivity index (χ0v) is 23.5. The molecule has 10 nitrogen and oxygen atoms in total. The van der Waals surface area contributed by atoms with Crippen molar-refractivity contribution in [2.45, 2.75) is 43.0 Å². The van der Waals surface area contributed by atoms with E-state index in [1.54, 1.807) is 47.5 Å². The molecular weight excluding hydrogens is 530 g/mol. The van der Waals surface area contributed by atoms with Crippen LogP contribution in [0.5, 0.6) is 5.75 Å². The number of nitrogens with zero attached hydrogens (tertiary/aromatic N) is 2. The number of hydrogen-bond acceptors (Lipinski definition) is 8. The van der Waals surface area contributed by atoms with Crippen molar-refractivity contribution < 1.29 is 32.6 Å². The van der Waals surface area contributed by atoms with Gasteiger partial charge in [0.1, 0.15) is 10.3 Å². The Kier molecular flexibility index (Phi) is 9.09. The van der Waals surface area contributed by atoms with Crippen LogP contribution in [0.1, 0.15) is 37.0 Å². The van der Waals surface area contributed by atoms with Crippen LogP contribution in [0.15, 0.2) is 39.9 Å². The zero-order chi connectivity index (χ0) is 27.4. The van der Waals surface area contributed by atoms with Gasteiger partial charge in [-0.15, -0.1) is 11.3 Å². The first-order valence-electron chi connectivity index (χ1n) is 12.7. The van der Waals surface area contributed by atoms with Gasteiger partial charge < -0.3 is 24.8 Å². The van der Waals surface area contributed by atoms with E-state index in [-0.39, 0.29) is 58.9 Å². The standard InChI is InChI=1S/C26H35N3O7S2/c1-17-14-29(18(2)16-30)26(32)20-6-4-7-21(27-25(31)19-9-11-35-12-10-19)24(20)36-22(17)15-28(3)38(33,34)23-8-5-13-37-23/h4-8,13,17-19,22,30H,9-12,14-16H2,1-3H3,(H,27,31)/t17-,18-,22+/m1/s1. The molecule has 38 heavy (non-hydrogen) atoms. The summed E-state index contributed by atoms with van der Waals surface area (Å²) in [6.45, 7) is 4.72. The van der Waals surface area contributed by atoms with E-state index in [1.165, 1.54) is 11.4 Å². The maximum Gasteiger partial charge on any atom is 0.258 e. The Labute approximate surface area is 227 Å². The van der Waals surface area contributed by atoms with E-state index in [4.69, 9.17) is 9.47 Å². The molecule has 1 aromatic heterocycles. The number of carbonyl (C=O) groups is 2. The van der Waals surface area contributed by atoms with Crippen molar-refractivity contribution >= 4 is 38.9 Å². The molecule has 1 aromatic carbocycles. The van der Waals surface area contributed by atoms with Gasteiger partial charge in [-0.25, -0.2) is 8.42 Å². The van der Waals surface area contributed by atoms with Crippen molar-refractivity contribution in [3.05, 3.63) is 41.3 Å². The van der Waals surface area contributed by atoms with Crippen LogP contribution in [-0.2, 0) is 19.6 Å². The maximum atomic E-state index is 13.6. The number of carbonyl (C=O) groups excluding carboxylic acids is 2. The third-order valence-corrected chi connectivity index (χ3v) is 10.3. The Hall–Kier alpha value is -2.51. The van der Waals surface area contributed by atoms with Crippen molar-refractivity contribution in [3.8, 4) is 5.75 Å². The van der Waals surface area contributed by atoms with Crippen molar-refractivity contribution in [2.24, 2.45) is 11.8 Å². The molecule has 2 aliphatic heterocycles. The number of ether oxygens (including phenoxy) is 2. The summed E-state index contributed by atoms with van der Waals surface area (Å²) in [5.74, 6) is -0.810. The number of hydrogen-bond donors (Lipinski definition) is 2. The second-order valence-corrected chi connectivity index (χ2v) is 13.1. The van der Waals surface area contributed by atoms with Gasteiger partial charge in [0.2, 0.25) is 5.91 Å². The van der Waals surface area contributed by atoms with Gasteiger partial charge in [0.05, 0.1) is 30.4 Å². The average molecular weight is 566 g/mol. The molecule has 0 spiro atoms. The Morgan fingerprint density at radius 2 is 2.00 bits per heavy atom. The first-order valence-corrected chi connectivity index (χ1v) is 15.1. The van der Waals surface area contributed by atoms with Crippen LogP contribution < -0.4 is 10.1 Å². The largest absolute Gasteiger partial charge is 0.486 e. The fraction of sp³-hybridized carbons (Fsp3) is 0.538. The molecule has 3 heterocycles. The van der Waals surface area contributed by atoms with Gasteiger partial charge in [0, 0.05) is 38.6 Å². The highest BCUT2D eigenvalue weighted by Gasteiger charge is 2.36. The molecule has 0 aliphatic carbocycles. The summed E-state index contributed by atoms with van der Waals surface area (Å²) in [6.07, 6.45) is 0.567. The van der Waals surface area contributed by atoms with Crippen LogP contribution in [0.3, 0.4) is 0 Å². The molecule has 2 aliphatic rings. The van der Waals surface area contributed by atoms with Gasteiger partial charge in [-0.3, -0.25) is 9.59 Å². The lowest BCUT2D eigenvalue weighted by Crippen LogP contribution is -2.50. The first-order chi connectivity index (χ1) is 18.1. The molecule has 2 N–H and O–H groups in total. The summed E-state index contributed by atoms with van der Waals surface area (Å²) in [7, 11) is -2.23. The fourth-order valence-corrected chi connectivity index (χ4v) is 7.05. The third kappa shape index (κ3) is 6.04. The second-order valence-electron chi connectivity index (χ2n) is 9.90. The van der Waals surface area contributed by atoms with Gasteiger partial charge >= 0.3 is 0 Å². The highest BCUT2D eigenvalue weighted by atomic mass is 32.2. The van der Waals surface area contributed by atoms with Crippen molar-refractivity contribution in [3.63, 3.8) is 0 Å². The van der Waals surface area contributed by atoms with Crippen LogP contribution in [0, 0.1) is 11.8 Å². The minimum Gasteiger partial charge on any atom is -0.486 e. The van der Waals surface area contributed by atoms with E-state index in [1.807, 2.05) is 6.92 Å². The Morgan fingerprint density at radius 3 is 2.66 bits per heavy atom. The molecule has 2 aromatic rings. The lowest BCUT2D eigenvalue weighted by molar-refractivity contribution is -0.122. The van der Waals surface area contributed by atoms with Crippen LogP contribution in [-0.4, -0.2) is 86.6 Å². The van der Waals surface area contributed by atoms with Crippen LogP contribution in [0.25, 0.3) is 0 Å². The molecule has 0 radical (unpaired) electrons. The summed E-state index contributed by atoms with van der Waals surface area (Å²) < 4.78 is 39.6. The Morgan fingerprint density at radius 1 is 1.26 bits per heavy atom. The smallest absolute Gasteiger partial charge is 0.258 e. The quantitative estimate of drug-likeness (QED) is 0.504. The predicted octanol–water partition coefficient (Wildman–Crippen LogP) is 2.65. The van der Waals surface area contributed by atoms with E-state index >= 15 is 0 Å². The predicted molar refractivity (Wildman–Crippen MR) is 144 cm³/mol. The maximum absolute atomic E-state index is 13.6. The number of para-hydroxylation sites is 1. The highest BCUT2D eigenvalue weighted by molar-refractivity contribution is 7.91. The molecule has 1 fully saturated rings. The number of thiophene rings is 1. The molecule has 0 bridgehead atoms. The normalized spacial score (nSPS) is 21.8. The molecule has 1 saturated heterocycles. The number of fused-ring (bicyclic) bond motifs is 1. The summed E-state index contributed by atoms with van der Waals surface area (Å²) in [5, 5.41) is 14.5. The van der Waals surface area contributed by atoms with Crippen LogP contribution in [0.2, 0.25) is 0 Å². The van der Waals surface area contributed by atoms with Crippen molar-refractivity contribution in [1.82, 2.24) is 9.21 Å². The summed E-state index contributed by atoms with van der Waals surface area (Å²) in [6, 6.07) is 7.75. The summed E-state index contributed by atoms with van der Waals surface area (Å²) >= 11 is 1.14. The zero-order valence-electron chi connectivity index (χ0n) is 21.8. The molecule has 0 unspecified atom stereocenters. The SMILES string of the molecule is C[C@@H]1CN([C@H](C)CO)C(=O)c2cccc(NC(=O)C3CCOCC3)c2O[C@H]1CN(C)S(=O)(=O)c1cccs1. The van der Waals surface area contributed by atoms with Gasteiger partial charge in [-0.1, -0.05) is 19.1 Å². The highest BCUT2D eigenvalue weighted by Crippen LogP contribution is 2.36. The van der Waals surface area contributed by atoms with E-state index in [9.17, 15) is 23.1 Å². The molecule has 2 amide bonds. The number of nitrogens with one attached hydrogen (secondary N) is 1. The molecular formula is C26H35N3O7S2. The number of amides is 2. The van der Waals surface area contributed by atoms with Crippen LogP contribution >= 0.6 is 11.3 Å². The number of aliphatic hydroxyl groups is 1. The third-order valence-electron chi connectivity index (χ3n) is 7.14. The number of anilines is 1. The fourth-order valence-electron chi connectivity index (χ4n) is 4.67. The summed E-state index contributed by atoms with van der Waals surface area (Å²) in [5.41, 5.74) is 0.600. The number of sulfonamides is 1. The molecule has 3 atom stereocenters. The van der Waals surface area contributed by atoms with E-state index in [0.717, 1.165) is 11.3 Å². The monoisotopic (exact) mass is 565 g/mol. The summed E-state index contributed by atoms with van der Waals surface area (Å²) in [4.78, 5) is 28.3.